The number of nitrogens with zero attached hydrogens (tertiary/aromatic N) is 1. The third-order valence-electron chi connectivity index (χ3n) is 1.41. The standard InChI is InChI=1S/C8H6BrClN2O4/c9-4-1-5(7(10)11-2-4)8(15)12-16-3-6(13)14/h1-2H,3H2,(H,12,15)(H,13,14). The summed E-state index contributed by atoms with van der Waals surface area (Å²) in [5, 5.41) is 8.27. The van der Waals surface area contributed by atoms with Crippen LogP contribution in [0.15, 0.2) is 16.7 Å². The Hall–Kier alpha value is -1.18. The first-order valence-electron chi connectivity index (χ1n) is 3.95. The molecule has 1 aromatic rings. The summed E-state index contributed by atoms with van der Waals surface area (Å²) in [6.07, 6.45) is 1.43. The molecular weight excluding hydrogens is 303 g/mol. The number of carboxylic acid groups (broad SMARTS) is 1. The van der Waals surface area contributed by atoms with E-state index in [1.54, 1.807) is 0 Å². The summed E-state index contributed by atoms with van der Waals surface area (Å²) in [6.45, 7) is -0.634. The molecule has 0 atom stereocenters. The van der Waals surface area contributed by atoms with Gasteiger partial charge in [-0.3, -0.25) is 9.63 Å². The van der Waals surface area contributed by atoms with Crippen LogP contribution in [0.1, 0.15) is 10.4 Å². The summed E-state index contributed by atoms with van der Waals surface area (Å²) in [7, 11) is 0. The largest absolute Gasteiger partial charge is 0.479 e. The Kier molecular flexibility index (Phi) is 4.66. The first-order chi connectivity index (χ1) is 7.50. The lowest BCUT2D eigenvalue weighted by Crippen LogP contribution is -2.27. The summed E-state index contributed by atoms with van der Waals surface area (Å²) >= 11 is 8.79. The Balaban J connectivity index is 2.65. The summed E-state index contributed by atoms with van der Waals surface area (Å²) in [5.41, 5.74) is 2.02. The fourth-order valence-electron chi connectivity index (χ4n) is 0.800. The van der Waals surface area contributed by atoms with Gasteiger partial charge in [0.25, 0.3) is 5.91 Å². The number of hydrogen-bond donors (Lipinski definition) is 2. The minimum Gasteiger partial charge on any atom is -0.479 e. The molecule has 6 nitrogen and oxygen atoms in total. The van der Waals surface area contributed by atoms with Gasteiger partial charge in [-0.05, 0) is 22.0 Å². The third kappa shape index (κ3) is 3.76. The van der Waals surface area contributed by atoms with E-state index in [4.69, 9.17) is 16.7 Å². The van der Waals surface area contributed by atoms with Crippen molar-refractivity contribution in [3.63, 3.8) is 0 Å². The molecule has 8 heteroatoms. The van der Waals surface area contributed by atoms with Gasteiger partial charge in [0.1, 0.15) is 5.15 Å². The average molecular weight is 310 g/mol. The molecule has 1 heterocycles. The van der Waals surface area contributed by atoms with Crippen molar-refractivity contribution in [2.24, 2.45) is 0 Å². The van der Waals surface area contributed by atoms with E-state index < -0.39 is 18.5 Å². The van der Waals surface area contributed by atoms with Crippen LogP contribution in [0.5, 0.6) is 0 Å². The van der Waals surface area contributed by atoms with E-state index in [1.165, 1.54) is 12.3 Å². The van der Waals surface area contributed by atoms with Crippen molar-refractivity contribution in [3.8, 4) is 0 Å². The maximum atomic E-state index is 11.4. The minimum atomic E-state index is -1.20. The van der Waals surface area contributed by atoms with Crippen molar-refractivity contribution < 1.29 is 19.5 Å². The highest BCUT2D eigenvalue weighted by Crippen LogP contribution is 2.17. The number of aromatic nitrogens is 1. The average Bonchev–Trinajstić information content (AvgIpc) is 2.21. The molecular formula is C8H6BrClN2O4. The highest BCUT2D eigenvalue weighted by Gasteiger charge is 2.12. The number of hydrogen-bond acceptors (Lipinski definition) is 4. The second kappa shape index (κ2) is 5.78. The lowest BCUT2D eigenvalue weighted by molar-refractivity contribution is -0.144. The Morgan fingerprint density at radius 1 is 1.62 bits per heavy atom. The van der Waals surface area contributed by atoms with Crippen LogP contribution < -0.4 is 5.48 Å². The van der Waals surface area contributed by atoms with Gasteiger partial charge in [-0.2, -0.15) is 0 Å². The number of nitrogens with one attached hydrogen (secondary N) is 1. The van der Waals surface area contributed by atoms with E-state index >= 15 is 0 Å². The second-order valence-corrected chi connectivity index (χ2v) is 3.88. The summed E-state index contributed by atoms with van der Waals surface area (Å²) in [4.78, 5) is 29.7. The molecule has 0 spiro atoms. The molecule has 0 aliphatic rings. The highest BCUT2D eigenvalue weighted by molar-refractivity contribution is 9.10. The summed E-state index contributed by atoms with van der Waals surface area (Å²) in [6, 6.07) is 1.44. The molecule has 0 saturated heterocycles. The zero-order chi connectivity index (χ0) is 12.1. The first-order valence-corrected chi connectivity index (χ1v) is 5.12. The first kappa shape index (κ1) is 12.9. The van der Waals surface area contributed by atoms with E-state index in [2.05, 4.69) is 25.8 Å². The van der Waals surface area contributed by atoms with Crippen molar-refractivity contribution in [3.05, 3.63) is 27.5 Å². The van der Waals surface area contributed by atoms with Crippen LogP contribution in [0, 0.1) is 0 Å². The highest BCUT2D eigenvalue weighted by atomic mass is 79.9. The fourth-order valence-corrected chi connectivity index (χ4v) is 1.32. The molecule has 0 radical (unpaired) electrons. The number of aliphatic carboxylic acids is 1. The molecule has 0 fully saturated rings. The number of rotatable bonds is 4. The molecule has 0 unspecified atom stereocenters. The predicted octanol–water partition coefficient (Wildman–Crippen LogP) is 1.24. The van der Waals surface area contributed by atoms with Crippen molar-refractivity contribution in [2.45, 2.75) is 0 Å². The molecule has 0 bridgehead atoms. The Bertz CT molecular complexity index is 426. The minimum absolute atomic E-state index is 0.000347. The van der Waals surface area contributed by atoms with Crippen LogP contribution in [0.25, 0.3) is 0 Å². The number of carboxylic acids is 1. The van der Waals surface area contributed by atoms with Crippen molar-refractivity contribution in [1.29, 1.82) is 0 Å². The summed E-state index contributed by atoms with van der Waals surface area (Å²) < 4.78 is 0.570. The number of carbonyl (C=O) groups is 2. The van der Waals surface area contributed by atoms with Gasteiger partial charge in [0.2, 0.25) is 0 Å². The molecule has 1 amide bonds. The van der Waals surface area contributed by atoms with Crippen LogP contribution >= 0.6 is 27.5 Å². The number of carbonyl (C=O) groups excluding carboxylic acids is 1. The zero-order valence-electron chi connectivity index (χ0n) is 7.74. The monoisotopic (exact) mass is 308 g/mol. The third-order valence-corrected chi connectivity index (χ3v) is 2.15. The molecule has 0 aliphatic heterocycles. The Morgan fingerprint density at radius 3 is 2.94 bits per heavy atom. The van der Waals surface area contributed by atoms with Gasteiger partial charge in [0, 0.05) is 10.7 Å². The van der Waals surface area contributed by atoms with Gasteiger partial charge in [0.05, 0.1) is 5.56 Å². The van der Waals surface area contributed by atoms with Crippen LogP contribution in [0.3, 0.4) is 0 Å². The second-order valence-electron chi connectivity index (χ2n) is 2.61. The molecule has 2 N–H and O–H groups in total. The lowest BCUT2D eigenvalue weighted by atomic mass is 10.3. The van der Waals surface area contributed by atoms with E-state index in [9.17, 15) is 9.59 Å². The smallest absolute Gasteiger partial charge is 0.332 e. The molecule has 0 saturated carbocycles. The van der Waals surface area contributed by atoms with E-state index in [0.29, 0.717) is 4.47 Å². The van der Waals surface area contributed by atoms with Crippen LogP contribution in [0.2, 0.25) is 5.15 Å². The Labute approximate surface area is 104 Å². The molecule has 0 aliphatic carbocycles. The zero-order valence-corrected chi connectivity index (χ0v) is 10.1. The van der Waals surface area contributed by atoms with Gasteiger partial charge in [-0.15, -0.1) is 0 Å². The van der Waals surface area contributed by atoms with Crippen LogP contribution in [-0.2, 0) is 9.63 Å². The van der Waals surface area contributed by atoms with Gasteiger partial charge in [-0.1, -0.05) is 11.6 Å². The fraction of sp³-hybridized carbons (Fsp3) is 0.125. The number of pyridine rings is 1. The van der Waals surface area contributed by atoms with Crippen molar-refractivity contribution in [1.82, 2.24) is 10.5 Å². The van der Waals surface area contributed by atoms with Gasteiger partial charge in [0.15, 0.2) is 6.61 Å². The normalized spacial score (nSPS) is 9.88. The van der Waals surface area contributed by atoms with Crippen molar-refractivity contribution >= 4 is 39.4 Å². The van der Waals surface area contributed by atoms with Gasteiger partial charge in [-0.25, -0.2) is 15.3 Å². The number of hydroxylamine groups is 1. The SMILES string of the molecule is O=C(O)CONC(=O)c1cc(Br)cnc1Cl. The van der Waals surface area contributed by atoms with Crippen molar-refractivity contribution in [2.75, 3.05) is 6.61 Å². The van der Waals surface area contributed by atoms with Gasteiger partial charge < -0.3 is 5.11 Å². The number of halogens is 2. The lowest BCUT2D eigenvalue weighted by Gasteiger charge is -2.05. The molecule has 86 valence electrons. The van der Waals surface area contributed by atoms with Crippen LogP contribution in [-0.4, -0.2) is 28.6 Å². The van der Waals surface area contributed by atoms with E-state index in [1.807, 2.05) is 5.48 Å². The number of amides is 1. The molecule has 16 heavy (non-hydrogen) atoms. The molecule has 0 aromatic carbocycles. The van der Waals surface area contributed by atoms with Crippen LogP contribution in [0.4, 0.5) is 0 Å². The van der Waals surface area contributed by atoms with E-state index in [-0.39, 0.29) is 10.7 Å². The maximum absolute atomic E-state index is 11.4. The Morgan fingerprint density at radius 2 is 2.31 bits per heavy atom. The van der Waals surface area contributed by atoms with Gasteiger partial charge >= 0.3 is 5.97 Å². The predicted molar refractivity (Wildman–Crippen MR) is 58.0 cm³/mol. The molecule has 1 rings (SSSR count). The topological polar surface area (TPSA) is 88.5 Å². The molecule has 1 aromatic heterocycles. The summed E-state index contributed by atoms with van der Waals surface area (Å²) in [5.74, 6) is -1.86. The van der Waals surface area contributed by atoms with E-state index in [0.717, 1.165) is 0 Å². The quantitative estimate of drug-likeness (QED) is 0.645. The maximum Gasteiger partial charge on any atom is 0.332 e.